The van der Waals surface area contributed by atoms with Crippen LogP contribution in [0, 0.1) is 5.41 Å². The minimum atomic E-state index is -0.871. The summed E-state index contributed by atoms with van der Waals surface area (Å²) in [4.78, 5) is 43.0. The van der Waals surface area contributed by atoms with Crippen LogP contribution in [0.15, 0.2) is 91.0 Å². The molecule has 1 aliphatic rings. The Morgan fingerprint density at radius 3 is 2.05 bits per heavy atom. The van der Waals surface area contributed by atoms with Crippen LogP contribution in [0.25, 0.3) is 0 Å². The fourth-order valence-corrected chi connectivity index (χ4v) is 4.94. The molecule has 1 heterocycles. The number of nitrogens with zero attached hydrogens (tertiary/aromatic N) is 2. The lowest BCUT2D eigenvalue weighted by Crippen LogP contribution is -2.52. The largest absolute Gasteiger partial charge is 0.444 e. The fraction of sp³-hybridized carbons (Fsp3) is 0.333. The highest BCUT2D eigenvalue weighted by atomic mass is 16.6. The zero-order valence-corrected chi connectivity index (χ0v) is 24.4. The fourth-order valence-electron chi connectivity index (χ4n) is 4.94. The van der Waals surface area contributed by atoms with Crippen LogP contribution in [0.4, 0.5) is 15.3 Å². The van der Waals surface area contributed by atoms with Gasteiger partial charge in [0.2, 0.25) is 5.91 Å². The highest BCUT2D eigenvalue weighted by molar-refractivity contribution is 6.23. The number of rotatable bonds is 11. The van der Waals surface area contributed by atoms with Crippen molar-refractivity contribution in [3.63, 3.8) is 0 Å². The summed E-state index contributed by atoms with van der Waals surface area (Å²) in [6.45, 7) is 5.94. The number of hydrogen-bond donors (Lipinski definition) is 3. The third-order valence-corrected chi connectivity index (χ3v) is 6.86. The Morgan fingerprint density at radius 2 is 1.45 bits per heavy atom. The summed E-state index contributed by atoms with van der Waals surface area (Å²) in [5, 5.41) is 14.8. The highest BCUT2D eigenvalue weighted by Crippen LogP contribution is 2.30. The lowest BCUT2D eigenvalue weighted by Gasteiger charge is -2.31. The van der Waals surface area contributed by atoms with E-state index in [4.69, 9.17) is 10.1 Å². The van der Waals surface area contributed by atoms with Crippen LogP contribution in [0.3, 0.4) is 0 Å². The molecule has 220 valence electrons. The molecule has 0 saturated carbocycles. The molecule has 1 saturated heterocycles. The van der Waals surface area contributed by atoms with E-state index in [9.17, 15) is 14.4 Å². The molecule has 1 fully saturated rings. The summed E-state index contributed by atoms with van der Waals surface area (Å²) in [5.41, 5.74) is 1.83. The van der Waals surface area contributed by atoms with Crippen molar-refractivity contribution < 1.29 is 19.1 Å². The van der Waals surface area contributed by atoms with E-state index in [-0.39, 0.29) is 24.7 Å². The van der Waals surface area contributed by atoms with Crippen LogP contribution < -0.4 is 15.5 Å². The number of carbonyl (C=O) groups excluding carboxylic acids is 3. The molecule has 9 nitrogen and oxygen atoms in total. The van der Waals surface area contributed by atoms with E-state index in [1.807, 2.05) is 78.9 Å². The molecule has 3 aromatic rings. The first-order valence-corrected chi connectivity index (χ1v) is 14.2. The quantitative estimate of drug-likeness (QED) is 0.264. The van der Waals surface area contributed by atoms with Gasteiger partial charge in [0.25, 0.3) is 0 Å². The molecule has 9 heteroatoms. The maximum atomic E-state index is 14.1. The second-order valence-electron chi connectivity index (χ2n) is 11.2. The molecular weight excluding hydrogens is 530 g/mol. The highest BCUT2D eigenvalue weighted by Gasteiger charge is 2.48. The Bertz CT molecular complexity index is 1360. The standard InChI is InChI=1S/C33H39N5O4/c1-33(2,3)42-31(40)35-21-13-20-27(30(39)36-23-25-16-9-5-10-17-25)38-28(22-24-14-7-4-8-15-24)29(34)37(32(38)41)26-18-11-6-12-19-26/h4-12,14-19,27-28,34H,13,20-23H2,1-3H3,(H,35,40)(H,36,39)/t27-,28-/m0/s1. The van der Waals surface area contributed by atoms with Crippen LogP contribution in [0.1, 0.15) is 44.7 Å². The van der Waals surface area contributed by atoms with Crippen molar-refractivity contribution in [2.75, 3.05) is 11.4 Å². The summed E-state index contributed by atoms with van der Waals surface area (Å²) in [5.74, 6) is -0.201. The topological polar surface area (TPSA) is 115 Å². The normalized spacial score (nSPS) is 15.8. The molecule has 4 rings (SSSR count). The van der Waals surface area contributed by atoms with Gasteiger partial charge in [-0.1, -0.05) is 78.9 Å². The first-order valence-electron chi connectivity index (χ1n) is 14.2. The van der Waals surface area contributed by atoms with Crippen LogP contribution in [0.2, 0.25) is 0 Å². The number of amides is 4. The zero-order chi connectivity index (χ0) is 30.1. The van der Waals surface area contributed by atoms with Gasteiger partial charge in [-0.3, -0.25) is 10.2 Å². The van der Waals surface area contributed by atoms with E-state index < -0.39 is 29.8 Å². The Hall–Kier alpha value is -4.66. The maximum absolute atomic E-state index is 14.1. The maximum Gasteiger partial charge on any atom is 0.407 e. The number of carbonyl (C=O) groups is 3. The lowest BCUT2D eigenvalue weighted by atomic mass is 10.0. The number of alkyl carbamates (subject to hydrolysis) is 1. The molecule has 0 spiro atoms. The van der Waals surface area contributed by atoms with E-state index in [2.05, 4.69) is 10.6 Å². The van der Waals surface area contributed by atoms with Gasteiger partial charge in [-0.25, -0.2) is 14.5 Å². The first-order chi connectivity index (χ1) is 20.1. The first kappa shape index (κ1) is 30.3. The van der Waals surface area contributed by atoms with Gasteiger partial charge < -0.3 is 20.3 Å². The third-order valence-electron chi connectivity index (χ3n) is 6.86. The zero-order valence-electron chi connectivity index (χ0n) is 24.4. The minimum Gasteiger partial charge on any atom is -0.444 e. The van der Waals surface area contributed by atoms with Crippen molar-refractivity contribution >= 4 is 29.6 Å². The van der Waals surface area contributed by atoms with E-state index in [1.54, 1.807) is 32.9 Å². The molecule has 42 heavy (non-hydrogen) atoms. The summed E-state index contributed by atoms with van der Waals surface area (Å²) >= 11 is 0. The Kier molecular flexibility index (Phi) is 9.96. The smallest absolute Gasteiger partial charge is 0.407 e. The molecule has 2 atom stereocenters. The van der Waals surface area contributed by atoms with Gasteiger partial charge in [0.05, 0.1) is 11.7 Å². The van der Waals surface area contributed by atoms with Crippen LogP contribution in [-0.2, 0) is 22.5 Å². The van der Waals surface area contributed by atoms with Gasteiger partial charge in [-0.05, 0) is 56.9 Å². The van der Waals surface area contributed by atoms with E-state index in [1.165, 1.54) is 9.80 Å². The van der Waals surface area contributed by atoms with Gasteiger partial charge in [-0.2, -0.15) is 0 Å². The summed E-state index contributed by atoms with van der Waals surface area (Å²) < 4.78 is 5.33. The molecule has 3 N–H and O–H groups in total. The monoisotopic (exact) mass is 569 g/mol. The molecular formula is C33H39N5O4. The van der Waals surface area contributed by atoms with Gasteiger partial charge in [-0.15, -0.1) is 0 Å². The lowest BCUT2D eigenvalue weighted by molar-refractivity contribution is -0.126. The molecule has 0 radical (unpaired) electrons. The number of nitrogens with one attached hydrogen (secondary N) is 3. The van der Waals surface area contributed by atoms with Gasteiger partial charge in [0.15, 0.2) is 0 Å². The van der Waals surface area contributed by atoms with Crippen LogP contribution >= 0.6 is 0 Å². The second kappa shape index (κ2) is 13.8. The Labute approximate surface area is 247 Å². The number of anilines is 1. The van der Waals surface area contributed by atoms with E-state index >= 15 is 0 Å². The molecule has 1 aliphatic heterocycles. The predicted octanol–water partition coefficient (Wildman–Crippen LogP) is 5.51. The SMILES string of the molecule is CC(C)(C)OC(=O)NCCC[C@@H](C(=O)NCc1ccccc1)N1C(=O)N(c2ccccc2)C(=N)[C@@H]1Cc1ccccc1. The van der Waals surface area contributed by atoms with Gasteiger partial charge in [0, 0.05) is 19.5 Å². The van der Waals surface area contributed by atoms with Gasteiger partial charge in [0.1, 0.15) is 17.5 Å². The number of ether oxygens (including phenoxy) is 1. The Balaban J connectivity index is 1.60. The molecule has 0 unspecified atom stereocenters. The number of amidine groups is 1. The van der Waals surface area contributed by atoms with Crippen LogP contribution in [-0.4, -0.2) is 53.0 Å². The minimum absolute atomic E-state index is 0.114. The predicted molar refractivity (Wildman–Crippen MR) is 163 cm³/mol. The molecule has 4 amide bonds. The number of benzene rings is 3. The van der Waals surface area contributed by atoms with Crippen LogP contribution in [0.5, 0.6) is 0 Å². The van der Waals surface area contributed by atoms with Crippen molar-refractivity contribution in [3.8, 4) is 0 Å². The third kappa shape index (κ3) is 7.96. The van der Waals surface area contributed by atoms with E-state index in [0.717, 1.165) is 11.1 Å². The number of urea groups is 1. The van der Waals surface area contributed by atoms with Crippen molar-refractivity contribution in [1.29, 1.82) is 5.41 Å². The average molecular weight is 570 g/mol. The molecule has 0 aromatic heterocycles. The van der Waals surface area contributed by atoms with E-state index in [0.29, 0.717) is 25.1 Å². The van der Waals surface area contributed by atoms with Crippen molar-refractivity contribution in [3.05, 3.63) is 102 Å². The average Bonchev–Trinajstić information content (AvgIpc) is 3.20. The van der Waals surface area contributed by atoms with Gasteiger partial charge >= 0.3 is 12.1 Å². The number of hydrogen-bond acceptors (Lipinski definition) is 5. The number of para-hydroxylation sites is 1. The molecule has 0 bridgehead atoms. The second-order valence-corrected chi connectivity index (χ2v) is 11.2. The Morgan fingerprint density at radius 1 is 0.881 bits per heavy atom. The van der Waals surface area contributed by atoms with Crippen molar-refractivity contribution in [1.82, 2.24) is 15.5 Å². The molecule has 3 aromatic carbocycles. The summed E-state index contributed by atoms with van der Waals surface area (Å²) in [6, 6.07) is 26.3. The summed E-state index contributed by atoms with van der Waals surface area (Å²) in [7, 11) is 0. The summed E-state index contributed by atoms with van der Waals surface area (Å²) in [6.07, 6.45) is 0.545. The van der Waals surface area contributed by atoms with Crippen molar-refractivity contribution in [2.45, 2.75) is 64.3 Å². The molecule has 0 aliphatic carbocycles. The van der Waals surface area contributed by atoms with Crippen molar-refractivity contribution in [2.24, 2.45) is 0 Å².